The Morgan fingerprint density at radius 1 is 1.08 bits per heavy atom. The molecule has 0 spiro atoms. The predicted molar refractivity (Wildman–Crippen MR) is 146 cm³/mol. The van der Waals surface area contributed by atoms with E-state index in [4.69, 9.17) is 16.2 Å². The number of ether oxygens (including phenoxy) is 1. The molecule has 0 aliphatic carbocycles. The Morgan fingerprint density at radius 3 is 2.53 bits per heavy atom. The molecule has 4 aromatic rings. The molecule has 36 heavy (non-hydrogen) atoms. The van der Waals surface area contributed by atoms with E-state index in [9.17, 15) is 9.59 Å². The Labute approximate surface area is 226 Å². The van der Waals surface area contributed by atoms with Crippen molar-refractivity contribution in [2.24, 2.45) is 5.73 Å². The third-order valence-corrected chi connectivity index (χ3v) is 5.07. The van der Waals surface area contributed by atoms with Crippen molar-refractivity contribution < 1.29 is 14.3 Å². The lowest BCUT2D eigenvalue weighted by molar-refractivity contribution is 0.0969. The van der Waals surface area contributed by atoms with Gasteiger partial charge in [-0.25, -0.2) is 15.0 Å². The number of anilines is 2. The van der Waals surface area contributed by atoms with Crippen LogP contribution in [-0.2, 0) is 0 Å². The van der Waals surface area contributed by atoms with Crippen LogP contribution in [0.3, 0.4) is 0 Å². The largest absolute Gasteiger partial charge is 0.496 e. The third-order valence-electron chi connectivity index (χ3n) is 5.07. The summed E-state index contributed by atoms with van der Waals surface area (Å²) in [5, 5.41) is 2.73. The molecule has 5 N–H and O–H groups in total. The van der Waals surface area contributed by atoms with Gasteiger partial charge in [-0.3, -0.25) is 14.0 Å². The molecule has 1 amide bonds. The van der Waals surface area contributed by atoms with Crippen molar-refractivity contribution in [3.63, 3.8) is 0 Å². The Bertz CT molecular complexity index is 1330. The SMILES string of the molecule is COc1cc(-c2nc(C(=O)CCCN)n3ccnc(N)c23)ccc1C(=O)Nc1ccccn1.Cl.Cl.Cl. The minimum absolute atomic E-state index is 0. The fourth-order valence-electron chi connectivity index (χ4n) is 3.48. The summed E-state index contributed by atoms with van der Waals surface area (Å²) in [4.78, 5) is 38.3. The maximum absolute atomic E-state index is 12.8. The minimum Gasteiger partial charge on any atom is -0.496 e. The van der Waals surface area contributed by atoms with Gasteiger partial charge in [-0.2, -0.15) is 0 Å². The molecule has 0 fully saturated rings. The zero-order valence-corrected chi connectivity index (χ0v) is 21.7. The van der Waals surface area contributed by atoms with Crippen molar-refractivity contribution in [2.75, 3.05) is 24.7 Å². The van der Waals surface area contributed by atoms with E-state index >= 15 is 0 Å². The van der Waals surface area contributed by atoms with Crippen LogP contribution >= 0.6 is 37.2 Å². The first-order chi connectivity index (χ1) is 16.0. The number of halogens is 3. The molecule has 4 rings (SSSR count). The van der Waals surface area contributed by atoms with E-state index in [0.29, 0.717) is 46.9 Å². The number of aromatic nitrogens is 4. The number of nitrogens with one attached hydrogen (secondary N) is 1. The van der Waals surface area contributed by atoms with E-state index in [-0.39, 0.29) is 67.0 Å². The smallest absolute Gasteiger partial charge is 0.260 e. The highest BCUT2D eigenvalue weighted by atomic mass is 35.5. The number of amides is 1. The first kappa shape index (κ1) is 30.6. The number of pyridine rings is 1. The van der Waals surface area contributed by atoms with Crippen LogP contribution in [0.5, 0.6) is 5.75 Å². The Kier molecular flexibility index (Phi) is 11.6. The maximum atomic E-state index is 12.8. The van der Waals surface area contributed by atoms with E-state index in [1.165, 1.54) is 13.3 Å². The van der Waals surface area contributed by atoms with Crippen molar-refractivity contribution in [3.8, 4) is 17.0 Å². The standard InChI is InChI=1S/C23H23N7O3.3ClH/c1-33-17-13-14(7-8-15(17)23(32)28-18-6-2-3-10-26-18)19-20-21(25)27-11-12-30(20)22(29-19)16(31)5-4-9-24;;;/h2-3,6-8,10-13H,4-5,9,24H2,1H3,(H2,25,27)(H,26,28,32);3*1H. The second kappa shape index (κ2) is 13.6. The van der Waals surface area contributed by atoms with Crippen LogP contribution in [-0.4, -0.2) is 44.7 Å². The van der Waals surface area contributed by atoms with Crippen molar-refractivity contribution in [2.45, 2.75) is 12.8 Å². The zero-order chi connectivity index (χ0) is 23.4. The lowest BCUT2D eigenvalue weighted by Crippen LogP contribution is -2.14. The first-order valence-electron chi connectivity index (χ1n) is 10.3. The number of nitrogens with zero attached hydrogens (tertiary/aromatic N) is 4. The quantitative estimate of drug-likeness (QED) is 0.278. The van der Waals surface area contributed by atoms with Crippen LogP contribution in [0.1, 0.15) is 33.8 Å². The number of methoxy groups -OCH3 is 1. The average molecular weight is 555 g/mol. The molecular formula is C23H26Cl3N7O3. The normalized spacial score (nSPS) is 9.94. The van der Waals surface area contributed by atoms with E-state index < -0.39 is 0 Å². The van der Waals surface area contributed by atoms with Gasteiger partial charge >= 0.3 is 0 Å². The monoisotopic (exact) mass is 553 g/mol. The number of Topliss-reactive ketones (excluding diaryl/α,β-unsaturated/α-hetero) is 1. The van der Waals surface area contributed by atoms with Gasteiger partial charge in [0.25, 0.3) is 5.91 Å². The number of imidazole rings is 1. The summed E-state index contributed by atoms with van der Waals surface area (Å²) in [7, 11) is 1.47. The zero-order valence-electron chi connectivity index (χ0n) is 19.2. The Morgan fingerprint density at radius 2 is 1.86 bits per heavy atom. The first-order valence-corrected chi connectivity index (χ1v) is 10.3. The molecule has 0 bridgehead atoms. The molecule has 0 aliphatic heterocycles. The van der Waals surface area contributed by atoms with Gasteiger partial charge < -0.3 is 21.5 Å². The molecule has 0 aliphatic rings. The molecule has 13 heteroatoms. The molecule has 0 saturated heterocycles. The summed E-state index contributed by atoms with van der Waals surface area (Å²) in [6.45, 7) is 0.408. The molecule has 0 saturated carbocycles. The lowest BCUT2D eigenvalue weighted by atomic mass is 10.1. The topological polar surface area (TPSA) is 151 Å². The van der Waals surface area contributed by atoms with Crippen LogP contribution in [0.15, 0.2) is 55.0 Å². The van der Waals surface area contributed by atoms with E-state index in [1.54, 1.807) is 53.2 Å². The Balaban J connectivity index is 0.00000216. The highest BCUT2D eigenvalue weighted by Crippen LogP contribution is 2.32. The van der Waals surface area contributed by atoms with Crippen LogP contribution in [0.4, 0.5) is 11.6 Å². The molecule has 0 atom stereocenters. The van der Waals surface area contributed by atoms with Gasteiger partial charge in [0.15, 0.2) is 11.6 Å². The Hall–Kier alpha value is -3.44. The fraction of sp³-hybridized carbons (Fsp3) is 0.174. The number of carbonyl (C=O) groups is 2. The molecular weight excluding hydrogens is 529 g/mol. The van der Waals surface area contributed by atoms with Gasteiger partial charge in [0, 0.05) is 30.6 Å². The van der Waals surface area contributed by atoms with Crippen LogP contribution in [0, 0.1) is 0 Å². The van der Waals surface area contributed by atoms with E-state index in [2.05, 4.69) is 20.3 Å². The molecule has 3 heterocycles. The number of fused-ring (bicyclic) bond motifs is 1. The third kappa shape index (κ3) is 6.21. The van der Waals surface area contributed by atoms with Crippen molar-refractivity contribution >= 4 is 66.1 Å². The van der Waals surface area contributed by atoms with Crippen molar-refractivity contribution in [1.82, 2.24) is 19.4 Å². The summed E-state index contributed by atoms with van der Waals surface area (Å²) in [5.74, 6) is 0.720. The van der Waals surface area contributed by atoms with Crippen molar-refractivity contribution in [1.29, 1.82) is 0 Å². The number of nitrogen functional groups attached to an aromatic ring is 1. The summed E-state index contributed by atoms with van der Waals surface area (Å²) < 4.78 is 7.10. The number of hydrogen-bond donors (Lipinski definition) is 3. The van der Waals surface area contributed by atoms with E-state index in [0.717, 1.165) is 0 Å². The van der Waals surface area contributed by atoms with E-state index in [1.807, 2.05) is 0 Å². The minimum atomic E-state index is -0.370. The number of rotatable bonds is 8. The van der Waals surface area contributed by atoms with Crippen LogP contribution in [0.2, 0.25) is 0 Å². The number of ketones is 1. The second-order valence-corrected chi connectivity index (χ2v) is 7.21. The van der Waals surface area contributed by atoms with Gasteiger partial charge in [0.05, 0.1) is 12.7 Å². The molecule has 1 aromatic carbocycles. The second-order valence-electron chi connectivity index (χ2n) is 7.21. The van der Waals surface area contributed by atoms with Crippen LogP contribution in [0.25, 0.3) is 16.8 Å². The van der Waals surface area contributed by atoms with Gasteiger partial charge in [0.2, 0.25) is 0 Å². The molecule has 0 unspecified atom stereocenters. The predicted octanol–water partition coefficient (Wildman–Crippen LogP) is 3.82. The maximum Gasteiger partial charge on any atom is 0.260 e. The number of carbonyl (C=O) groups excluding carboxylic acids is 2. The summed E-state index contributed by atoms with van der Waals surface area (Å²) in [5.41, 5.74) is 13.6. The summed E-state index contributed by atoms with van der Waals surface area (Å²) >= 11 is 0. The average Bonchev–Trinajstić information content (AvgIpc) is 3.24. The highest BCUT2D eigenvalue weighted by Gasteiger charge is 2.22. The van der Waals surface area contributed by atoms with Gasteiger partial charge in [-0.05, 0) is 37.2 Å². The van der Waals surface area contributed by atoms with Crippen molar-refractivity contribution in [3.05, 3.63) is 66.4 Å². The number of nitrogens with two attached hydrogens (primary N) is 2. The molecule has 192 valence electrons. The van der Waals surface area contributed by atoms with Crippen LogP contribution < -0.4 is 21.5 Å². The molecule has 10 nitrogen and oxygen atoms in total. The van der Waals surface area contributed by atoms with Gasteiger partial charge in [0.1, 0.15) is 28.6 Å². The lowest BCUT2D eigenvalue weighted by Gasteiger charge is -2.10. The number of hydrogen-bond acceptors (Lipinski definition) is 8. The van der Waals surface area contributed by atoms with Gasteiger partial charge in [-0.15, -0.1) is 37.2 Å². The summed E-state index contributed by atoms with van der Waals surface area (Å²) in [6, 6.07) is 10.2. The fourth-order valence-corrected chi connectivity index (χ4v) is 3.48. The summed E-state index contributed by atoms with van der Waals surface area (Å²) in [6.07, 6.45) is 5.57. The number of benzene rings is 1. The molecule has 0 radical (unpaired) electrons. The molecule has 3 aromatic heterocycles. The van der Waals surface area contributed by atoms with Gasteiger partial charge in [-0.1, -0.05) is 12.1 Å². The highest BCUT2D eigenvalue weighted by molar-refractivity contribution is 6.06.